The minimum absolute atomic E-state index is 0.0714. The van der Waals surface area contributed by atoms with Crippen LogP contribution in [-0.2, 0) is 10.1 Å². The Labute approximate surface area is 159 Å². The highest BCUT2D eigenvalue weighted by Gasteiger charge is 2.43. The van der Waals surface area contributed by atoms with Crippen LogP contribution >= 0.6 is 23.2 Å². The van der Waals surface area contributed by atoms with Gasteiger partial charge in [0.2, 0.25) is 0 Å². The Hall–Kier alpha value is -1.70. The minimum atomic E-state index is -3.64. The maximum Gasteiger partial charge on any atom is 0.306 e. The summed E-state index contributed by atoms with van der Waals surface area (Å²) in [6.07, 6.45) is 1.05. The Bertz CT molecular complexity index is 956. The lowest BCUT2D eigenvalue weighted by Crippen LogP contribution is -2.24. The number of nitrogens with zero attached hydrogens (tertiary/aromatic N) is 1. The van der Waals surface area contributed by atoms with E-state index in [9.17, 15) is 17.2 Å². The number of rotatable bonds is 4. The van der Waals surface area contributed by atoms with Crippen molar-refractivity contribution < 1.29 is 21.4 Å². The summed E-state index contributed by atoms with van der Waals surface area (Å²) < 4.78 is 53.6. The van der Waals surface area contributed by atoms with E-state index in [4.69, 9.17) is 27.4 Å². The van der Waals surface area contributed by atoms with E-state index in [2.05, 4.69) is 4.99 Å². The smallest absolute Gasteiger partial charge is 0.306 e. The SMILES string of the molecule is CS(=O)(=O)Oc1ccc([C@H]2CC(Cl)(Cl)C(c3c(F)cccc3F)=N2)cc1. The van der Waals surface area contributed by atoms with Gasteiger partial charge in [-0.3, -0.25) is 4.99 Å². The second-order valence-corrected chi connectivity index (χ2v) is 8.91. The lowest BCUT2D eigenvalue weighted by atomic mass is 10.0. The second-order valence-electron chi connectivity index (χ2n) is 5.86. The predicted molar refractivity (Wildman–Crippen MR) is 96.6 cm³/mol. The molecular formula is C17H13Cl2F2NO3S. The third-order valence-electron chi connectivity index (χ3n) is 3.79. The summed E-state index contributed by atoms with van der Waals surface area (Å²) in [5, 5.41) is 0. The van der Waals surface area contributed by atoms with Crippen molar-refractivity contribution in [3.05, 3.63) is 65.2 Å². The van der Waals surface area contributed by atoms with E-state index in [1.54, 1.807) is 12.1 Å². The van der Waals surface area contributed by atoms with E-state index >= 15 is 0 Å². The standard InChI is InChI=1S/C17H13Cl2F2NO3S/c1-26(23,24)25-11-7-5-10(6-8-11)14-9-17(18,19)16(22-14)15-12(20)3-2-4-13(15)21/h2-8,14H,9H2,1H3/t14-/m1/s1. The molecule has 0 N–H and O–H groups in total. The van der Waals surface area contributed by atoms with E-state index in [0.717, 1.165) is 18.4 Å². The van der Waals surface area contributed by atoms with Crippen molar-refractivity contribution in [3.63, 3.8) is 0 Å². The van der Waals surface area contributed by atoms with E-state index in [0.29, 0.717) is 5.56 Å². The minimum Gasteiger partial charge on any atom is -0.383 e. The van der Waals surface area contributed by atoms with Crippen molar-refractivity contribution in [2.45, 2.75) is 16.8 Å². The fourth-order valence-corrected chi connectivity index (χ4v) is 3.76. The van der Waals surface area contributed by atoms with Gasteiger partial charge in [-0.25, -0.2) is 8.78 Å². The summed E-state index contributed by atoms with van der Waals surface area (Å²) in [5.74, 6) is -1.46. The molecule has 0 unspecified atom stereocenters. The molecule has 1 heterocycles. The topological polar surface area (TPSA) is 55.7 Å². The van der Waals surface area contributed by atoms with Crippen molar-refractivity contribution in [1.29, 1.82) is 0 Å². The monoisotopic (exact) mass is 419 g/mol. The third-order valence-corrected chi connectivity index (χ3v) is 4.95. The van der Waals surface area contributed by atoms with Gasteiger partial charge in [0.05, 0.1) is 23.6 Å². The summed E-state index contributed by atoms with van der Waals surface area (Å²) in [6.45, 7) is 0. The van der Waals surface area contributed by atoms with Crippen molar-refractivity contribution in [1.82, 2.24) is 0 Å². The van der Waals surface area contributed by atoms with Crippen LogP contribution in [0.5, 0.6) is 5.75 Å². The normalized spacial score (nSPS) is 19.3. The van der Waals surface area contributed by atoms with E-state index < -0.39 is 32.1 Å². The first kappa shape index (κ1) is 19.1. The van der Waals surface area contributed by atoms with Crippen molar-refractivity contribution >= 4 is 39.0 Å². The number of halogens is 4. The Morgan fingerprint density at radius 2 is 1.69 bits per heavy atom. The van der Waals surface area contributed by atoms with Crippen LogP contribution < -0.4 is 4.18 Å². The largest absolute Gasteiger partial charge is 0.383 e. The van der Waals surface area contributed by atoms with Crippen LogP contribution in [0.25, 0.3) is 0 Å². The average molecular weight is 420 g/mol. The Kier molecular flexibility index (Phi) is 4.98. The van der Waals surface area contributed by atoms with Gasteiger partial charge in [-0.15, -0.1) is 0 Å². The summed E-state index contributed by atoms with van der Waals surface area (Å²) in [5.41, 5.74) is 0.234. The highest BCUT2D eigenvalue weighted by Crippen LogP contribution is 2.45. The number of alkyl halides is 2. The van der Waals surface area contributed by atoms with Gasteiger partial charge in [0.15, 0.2) is 4.33 Å². The zero-order valence-electron chi connectivity index (χ0n) is 13.4. The Balaban J connectivity index is 1.94. The van der Waals surface area contributed by atoms with Gasteiger partial charge in [0.25, 0.3) is 0 Å². The molecule has 1 atom stereocenters. The molecule has 9 heteroatoms. The van der Waals surface area contributed by atoms with Crippen LogP contribution in [0, 0.1) is 11.6 Å². The molecule has 3 rings (SSSR count). The number of aliphatic imine (C=N–C) groups is 1. The van der Waals surface area contributed by atoms with Crippen LogP contribution in [0.15, 0.2) is 47.5 Å². The predicted octanol–water partition coefficient (Wildman–Crippen LogP) is 4.41. The quantitative estimate of drug-likeness (QED) is 0.544. The lowest BCUT2D eigenvalue weighted by Gasteiger charge is -2.16. The first-order valence-corrected chi connectivity index (χ1v) is 10.0. The molecule has 138 valence electrons. The number of hydrogen-bond acceptors (Lipinski definition) is 4. The zero-order valence-corrected chi connectivity index (χ0v) is 15.7. The Morgan fingerprint density at radius 3 is 2.23 bits per heavy atom. The number of benzene rings is 2. The molecule has 0 radical (unpaired) electrons. The summed E-state index contributed by atoms with van der Waals surface area (Å²) in [4.78, 5) is 4.32. The highest BCUT2D eigenvalue weighted by molar-refractivity contribution is 7.86. The Morgan fingerprint density at radius 1 is 1.12 bits per heavy atom. The van der Waals surface area contributed by atoms with E-state index in [1.165, 1.54) is 18.2 Å². The van der Waals surface area contributed by atoms with Gasteiger partial charge < -0.3 is 4.18 Å². The van der Waals surface area contributed by atoms with Crippen LogP contribution in [0.2, 0.25) is 0 Å². The van der Waals surface area contributed by atoms with Crippen molar-refractivity contribution in [2.24, 2.45) is 4.99 Å². The fourth-order valence-electron chi connectivity index (χ4n) is 2.72. The summed E-state index contributed by atoms with van der Waals surface area (Å²) >= 11 is 12.5. The average Bonchev–Trinajstić information content (AvgIpc) is 2.82. The van der Waals surface area contributed by atoms with Gasteiger partial charge >= 0.3 is 10.1 Å². The molecule has 1 aliphatic heterocycles. The van der Waals surface area contributed by atoms with Crippen LogP contribution in [-0.4, -0.2) is 24.7 Å². The number of hydrogen-bond donors (Lipinski definition) is 0. The van der Waals surface area contributed by atoms with Gasteiger partial charge in [-0.1, -0.05) is 41.4 Å². The molecule has 0 saturated heterocycles. The fraction of sp³-hybridized carbons (Fsp3) is 0.235. The van der Waals surface area contributed by atoms with Crippen LogP contribution in [0.1, 0.15) is 23.6 Å². The molecule has 0 amide bonds. The van der Waals surface area contributed by atoms with Gasteiger partial charge in [0.1, 0.15) is 17.4 Å². The summed E-state index contributed by atoms with van der Waals surface area (Å²) in [7, 11) is -3.64. The molecule has 0 fully saturated rings. The molecule has 0 aromatic heterocycles. The molecule has 0 spiro atoms. The first-order valence-electron chi connectivity index (χ1n) is 7.47. The molecule has 2 aromatic rings. The van der Waals surface area contributed by atoms with Crippen LogP contribution in [0.4, 0.5) is 8.78 Å². The molecule has 0 saturated carbocycles. The van der Waals surface area contributed by atoms with Gasteiger partial charge in [-0.05, 0) is 29.8 Å². The van der Waals surface area contributed by atoms with E-state index in [1.807, 2.05) is 0 Å². The molecule has 2 aromatic carbocycles. The summed E-state index contributed by atoms with van der Waals surface area (Å²) in [6, 6.07) is 9.02. The van der Waals surface area contributed by atoms with Crippen molar-refractivity contribution in [2.75, 3.05) is 6.26 Å². The van der Waals surface area contributed by atoms with E-state index in [-0.39, 0.29) is 23.4 Å². The molecule has 0 aliphatic carbocycles. The molecule has 26 heavy (non-hydrogen) atoms. The van der Waals surface area contributed by atoms with Gasteiger partial charge in [-0.2, -0.15) is 8.42 Å². The van der Waals surface area contributed by atoms with Crippen LogP contribution in [0.3, 0.4) is 0 Å². The molecule has 4 nitrogen and oxygen atoms in total. The second kappa shape index (κ2) is 6.79. The molecular weight excluding hydrogens is 407 g/mol. The highest BCUT2D eigenvalue weighted by atomic mass is 35.5. The third kappa shape index (κ3) is 4.00. The van der Waals surface area contributed by atoms with Crippen molar-refractivity contribution in [3.8, 4) is 5.75 Å². The lowest BCUT2D eigenvalue weighted by molar-refractivity contribution is 0.493. The molecule has 0 bridgehead atoms. The maximum absolute atomic E-state index is 14.1. The molecule has 1 aliphatic rings. The van der Waals surface area contributed by atoms with Gasteiger partial charge in [0, 0.05) is 6.42 Å². The maximum atomic E-state index is 14.1. The first-order chi connectivity index (χ1) is 12.1. The zero-order chi connectivity index (χ0) is 19.1.